The third-order valence-corrected chi connectivity index (χ3v) is 3.57. The number of aromatic nitrogens is 2. The summed E-state index contributed by atoms with van der Waals surface area (Å²) >= 11 is 1.32. The van der Waals surface area contributed by atoms with E-state index in [9.17, 15) is 9.59 Å². The Morgan fingerprint density at radius 3 is 2.75 bits per heavy atom. The molecule has 2 heterocycles. The lowest BCUT2D eigenvalue weighted by atomic mass is 10.2. The summed E-state index contributed by atoms with van der Waals surface area (Å²) in [5.41, 5.74) is 0.621. The van der Waals surface area contributed by atoms with Crippen molar-refractivity contribution in [1.29, 1.82) is 0 Å². The first kappa shape index (κ1) is 12.7. The highest BCUT2D eigenvalue weighted by Gasteiger charge is 2.30. The predicted molar refractivity (Wildman–Crippen MR) is 75.7 cm³/mol. The molecule has 7 heteroatoms. The summed E-state index contributed by atoms with van der Waals surface area (Å²) in [6.07, 6.45) is 4.94. The Kier molecular flexibility index (Phi) is 3.42. The fourth-order valence-corrected chi connectivity index (χ4v) is 2.23. The lowest BCUT2D eigenvalue weighted by Crippen LogP contribution is -2.20. The summed E-state index contributed by atoms with van der Waals surface area (Å²) in [4.78, 5) is 32.0. The van der Waals surface area contributed by atoms with Crippen LogP contribution < -0.4 is 10.6 Å². The van der Waals surface area contributed by atoms with Gasteiger partial charge < -0.3 is 5.32 Å². The van der Waals surface area contributed by atoms with Crippen molar-refractivity contribution in [1.82, 2.24) is 9.97 Å². The molecule has 1 aliphatic carbocycles. The Bertz CT molecular complexity index is 638. The van der Waals surface area contributed by atoms with Gasteiger partial charge in [-0.15, -0.1) is 11.3 Å². The van der Waals surface area contributed by atoms with Crippen molar-refractivity contribution < 1.29 is 9.59 Å². The summed E-state index contributed by atoms with van der Waals surface area (Å²) < 4.78 is 0. The van der Waals surface area contributed by atoms with Gasteiger partial charge in [-0.1, -0.05) is 0 Å². The van der Waals surface area contributed by atoms with E-state index in [0.29, 0.717) is 10.8 Å². The van der Waals surface area contributed by atoms with Gasteiger partial charge in [-0.3, -0.25) is 14.9 Å². The number of hydrogen-bond donors (Lipinski definition) is 2. The highest BCUT2D eigenvalue weighted by molar-refractivity contribution is 7.13. The Balaban J connectivity index is 1.77. The molecule has 1 fully saturated rings. The molecule has 2 amide bonds. The lowest BCUT2D eigenvalue weighted by Gasteiger charge is -2.09. The van der Waals surface area contributed by atoms with Crippen molar-refractivity contribution in [2.24, 2.45) is 5.92 Å². The van der Waals surface area contributed by atoms with Crippen LogP contribution in [-0.2, 0) is 4.79 Å². The number of pyridine rings is 1. The summed E-state index contributed by atoms with van der Waals surface area (Å²) in [6, 6.07) is 3.35. The van der Waals surface area contributed by atoms with Crippen molar-refractivity contribution in [3.63, 3.8) is 0 Å². The second kappa shape index (κ2) is 5.38. The van der Waals surface area contributed by atoms with Crippen molar-refractivity contribution in [3.8, 4) is 0 Å². The monoisotopic (exact) mass is 288 g/mol. The Hall–Kier alpha value is -2.28. The highest BCUT2D eigenvalue weighted by atomic mass is 32.1. The van der Waals surface area contributed by atoms with Gasteiger partial charge in [0, 0.05) is 23.7 Å². The minimum Gasteiger partial charge on any atom is -0.324 e. The van der Waals surface area contributed by atoms with Gasteiger partial charge in [-0.25, -0.2) is 9.97 Å². The number of carbonyl (C=O) groups excluding carboxylic acids is 2. The van der Waals surface area contributed by atoms with E-state index < -0.39 is 0 Å². The van der Waals surface area contributed by atoms with Crippen LogP contribution in [0.3, 0.4) is 0 Å². The molecule has 2 aromatic heterocycles. The zero-order chi connectivity index (χ0) is 13.9. The Morgan fingerprint density at radius 1 is 1.20 bits per heavy atom. The van der Waals surface area contributed by atoms with Crippen LogP contribution in [0.25, 0.3) is 0 Å². The minimum atomic E-state index is -0.383. The van der Waals surface area contributed by atoms with E-state index >= 15 is 0 Å². The van der Waals surface area contributed by atoms with Crippen molar-refractivity contribution in [2.45, 2.75) is 12.8 Å². The molecular weight excluding hydrogens is 276 g/mol. The van der Waals surface area contributed by atoms with Gasteiger partial charge >= 0.3 is 0 Å². The molecule has 0 atom stereocenters. The number of thiazole rings is 1. The van der Waals surface area contributed by atoms with Crippen LogP contribution in [-0.4, -0.2) is 21.8 Å². The van der Waals surface area contributed by atoms with Crippen LogP contribution in [0.1, 0.15) is 23.3 Å². The van der Waals surface area contributed by atoms with Gasteiger partial charge in [0.15, 0.2) is 10.8 Å². The molecule has 1 saturated carbocycles. The van der Waals surface area contributed by atoms with Gasteiger partial charge in [0.2, 0.25) is 5.91 Å². The molecule has 2 aromatic rings. The maximum Gasteiger partial charge on any atom is 0.278 e. The first-order valence-electron chi connectivity index (χ1n) is 6.21. The van der Waals surface area contributed by atoms with Crippen LogP contribution in [0.4, 0.5) is 10.8 Å². The molecular formula is C13H12N4O2S. The average Bonchev–Trinajstić information content (AvgIpc) is 3.19. The summed E-state index contributed by atoms with van der Waals surface area (Å²) in [7, 11) is 0. The van der Waals surface area contributed by atoms with Gasteiger partial charge in [0.1, 0.15) is 0 Å². The summed E-state index contributed by atoms with van der Waals surface area (Å²) in [6.45, 7) is 0. The SMILES string of the molecule is O=C(Nc1nccs1)c1ncccc1NC(=O)C1CC1. The van der Waals surface area contributed by atoms with E-state index in [4.69, 9.17) is 0 Å². The van der Waals surface area contributed by atoms with Crippen molar-refractivity contribution >= 4 is 34.0 Å². The minimum absolute atomic E-state index is 0.0544. The van der Waals surface area contributed by atoms with Crippen LogP contribution >= 0.6 is 11.3 Å². The smallest absolute Gasteiger partial charge is 0.278 e. The molecule has 3 rings (SSSR count). The van der Waals surface area contributed by atoms with Crippen molar-refractivity contribution in [3.05, 3.63) is 35.6 Å². The normalized spacial score (nSPS) is 13.8. The molecule has 2 N–H and O–H groups in total. The molecule has 0 saturated heterocycles. The number of anilines is 2. The molecule has 102 valence electrons. The predicted octanol–water partition coefficient (Wildman–Crippen LogP) is 2.14. The second-order valence-corrected chi connectivity index (χ2v) is 5.35. The standard InChI is InChI=1S/C13H12N4O2S/c18-11(8-3-4-8)16-9-2-1-5-14-10(9)12(19)17-13-15-6-7-20-13/h1-2,5-8H,3-4H2,(H,16,18)(H,15,17,19). The second-order valence-electron chi connectivity index (χ2n) is 4.45. The number of amides is 2. The van der Waals surface area contributed by atoms with Gasteiger partial charge in [0.05, 0.1) is 5.69 Å². The highest BCUT2D eigenvalue weighted by Crippen LogP contribution is 2.30. The van der Waals surface area contributed by atoms with Crippen LogP contribution in [0.2, 0.25) is 0 Å². The largest absolute Gasteiger partial charge is 0.324 e. The van der Waals surface area contributed by atoms with Gasteiger partial charge in [0.25, 0.3) is 5.91 Å². The molecule has 0 bridgehead atoms. The molecule has 1 aliphatic rings. The Morgan fingerprint density at radius 2 is 2.05 bits per heavy atom. The fourth-order valence-electron chi connectivity index (χ4n) is 1.71. The first-order chi connectivity index (χ1) is 9.74. The number of carbonyl (C=O) groups is 2. The third kappa shape index (κ3) is 2.83. The van der Waals surface area contributed by atoms with Crippen LogP contribution in [0.5, 0.6) is 0 Å². The molecule has 0 aromatic carbocycles. The maximum absolute atomic E-state index is 12.1. The molecule has 0 aliphatic heterocycles. The molecule has 0 spiro atoms. The van der Waals surface area contributed by atoms with Gasteiger partial charge in [-0.05, 0) is 25.0 Å². The zero-order valence-electron chi connectivity index (χ0n) is 10.5. The van der Waals surface area contributed by atoms with Crippen molar-refractivity contribution in [2.75, 3.05) is 10.6 Å². The molecule has 6 nitrogen and oxygen atoms in total. The maximum atomic E-state index is 12.1. The molecule has 20 heavy (non-hydrogen) atoms. The Labute approximate surface area is 119 Å². The van der Waals surface area contributed by atoms with Gasteiger partial charge in [-0.2, -0.15) is 0 Å². The topological polar surface area (TPSA) is 84.0 Å². The zero-order valence-corrected chi connectivity index (χ0v) is 11.3. The van der Waals surface area contributed by atoms with E-state index in [0.717, 1.165) is 12.8 Å². The van der Waals surface area contributed by atoms with E-state index in [2.05, 4.69) is 20.6 Å². The summed E-state index contributed by atoms with van der Waals surface area (Å²) in [5.74, 6) is -0.363. The number of nitrogens with one attached hydrogen (secondary N) is 2. The van der Waals surface area contributed by atoms with E-state index in [1.807, 2.05) is 0 Å². The van der Waals surface area contributed by atoms with Crippen LogP contribution in [0, 0.1) is 5.92 Å². The molecule has 0 radical (unpaired) electrons. The van der Waals surface area contributed by atoms with E-state index in [1.54, 1.807) is 23.7 Å². The lowest BCUT2D eigenvalue weighted by molar-refractivity contribution is -0.117. The molecule has 0 unspecified atom stereocenters. The van der Waals surface area contributed by atoms with Crippen LogP contribution in [0.15, 0.2) is 29.9 Å². The first-order valence-corrected chi connectivity index (χ1v) is 7.09. The summed E-state index contributed by atoms with van der Waals surface area (Å²) in [5, 5.41) is 7.67. The number of hydrogen-bond acceptors (Lipinski definition) is 5. The third-order valence-electron chi connectivity index (χ3n) is 2.88. The number of nitrogens with zero attached hydrogens (tertiary/aromatic N) is 2. The van der Waals surface area contributed by atoms with E-state index in [-0.39, 0.29) is 23.4 Å². The number of rotatable bonds is 4. The quantitative estimate of drug-likeness (QED) is 0.902. The fraction of sp³-hybridized carbons (Fsp3) is 0.231. The van der Waals surface area contributed by atoms with E-state index in [1.165, 1.54) is 17.5 Å². The average molecular weight is 288 g/mol.